The lowest BCUT2D eigenvalue weighted by Gasteiger charge is -2.23. The van der Waals surface area contributed by atoms with Crippen LogP contribution in [0.15, 0.2) is 0 Å². The van der Waals surface area contributed by atoms with Gasteiger partial charge in [-0.2, -0.15) is 0 Å². The number of hydrogen-bond acceptors (Lipinski definition) is 4. The quantitative estimate of drug-likeness (QED) is 0.616. The average molecular weight is 258 g/mol. The highest BCUT2D eigenvalue weighted by Crippen LogP contribution is 2.09. The van der Waals surface area contributed by atoms with Gasteiger partial charge in [-0.1, -0.05) is 13.8 Å². The van der Waals surface area contributed by atoms with Gasteiger partial charge in [0.15, 0.2) is 0 Å². The molecule has 1 heterocycles. The highest BCUT2D eigenvalue weighted by molar-refractivity contribution is 5.78. The Balaban J connectivity index is 2.28. The van der Waals surface area contributed by atoms with E-state index in [4.69, 9.17) is 9.84 Å². The third-order valence-electron chi connectivity index (χ3n) is 3.07. The molecule has 0 aliphatic carbocycles. The van der Waals surface area contributed by atoms with Crippen LogP contribution in [-0.4, -0.2) is 49.3 Å². The lowest BCUT2D eigenvalue weighted by molar-refractivity contribution is -0.143. The Hall–Kier alpha value is -1.14. The number of carbonyl (C=O) groups is 2. The van der Waals surface area contributed by atoms with Crippen molar-refractivity contribution in [1.82, 2.24) is 10.6 Å². The van der Waals surface area contributed by atoms with Gasteiger partial charge in [-0.25, -0.2) is 0 Å². The minimum atomic E-state index is -0.871. The molecule has 0 spiro atoms. The summed E-state index contributed by atoms with van der Waals surface area (Å²) in [4.78, 5) is 22.6. The zero-order valence-corrected chi connectivity index (χ0v) is 10.9. The van der Waals surface area contributed by atoms with Crippen molar-refractivity contribution in [3.05, 3.63) is 0 Å². The first kappa shape index (κ1) is 14.9. The van der Waals surface area contributed by atoms with Gasteiger partial charge in [0.05, 0.1) is 19.1 Å². The topological polar surface area (TPSA) is 87.7 Å². The molecule has 0 bridgehead atoms. The lowest BCUT2D eigenvalue weighted by Crippen LogP contribution is -2.45. The molecule has 1 aliphatic heterocycles. The standard InChI is InChI=1S/C12H22N2O4/c1-8(2)10(12(16)17)6-14-11(15)5-9-7-18-4-3-13-9/h8-10,13H,3-7H2,1-2H3,(H,14,15)(H,16,17). The Kier molecular flexibility index (Phi) is 6.07. The maximum Gasteiger partial charge on any atom is 0.308 e. The predicted octanol–water partition coefficient (Wildman–Crippen LogP) is -0.162. The van der Waals surface area contributed by atoms with E-state index < -0.39 is 11.9 Å². The van der Waals surface area contributed by atoms with Crippen molar-refractivity contribution >= 4 is 11.9 Å². The number of rotatable bonds is 6. The highest BCUT2D eigenvalue weighted by atomic mass is 16.5. The number of nitrogens with one attached hydrogen (secondary N) is 2. The van der Waals surface area contributed by atoms with Crippen LogP contribution in [0.4, 0.5) is 0 Å². The number of morpholine rings is 1. The maximum absolute atomic E-state index is 11.7. The summed E-state index contributed by atoms with van der Waals surface area (Å²) in [6.07, 6.45) is 0.324. The van der Waals surface area contributed by atoms with Crippen molar-refractivity contribution < 1.29 is 19.4 Å². The van der Waals surface area contributed by atoms with Crippen LogP contribution in [-0.2, 0) is 14.3 Å². The highest BCUT2D eigenvalue weighted by Gasteiger charge is 2.23. The van der Waals surface area contributed by atoms with E-state index >= 15 is 0 Å². The predicted molar refractivity (Wildman–Crippen MR) is 66.2 cm³/mol. The van der Waals surface area contributed by atoms with Crippen LogP contribution in [0, 0.1) is 11.8 Å². The van der Waals surface area contributed by atoms with Gasteiger partial charge in [-0.15, -0.1) is 0 Å². The third kappa shape index (κ3) is 5.01. The number of carboxylic acids is 1. The summed E-state index contributed by atoms with van der Waals surface area (Å²) in [5, 5.41) is 14.9. The van der Waals surface area contributed by atoms with Crippen LogP contribution in [0.25, 0.3) is 0 Å². The van der Waals surface area contributed by atoms with Crippen LogP contribution in [0.2, 0.25) is 0 Å². The smallest absolute Gasteiger partial charge is 0.308 e. The molecular weight excluding hydrogens is 236 g/mol. The van der Waals surface area contributed by atoms with Gasteiger partial charge in [0.25, 0.3) is 0 Å². The number of amides is 1. The molecule has 1 fully saturated rings. The SMILES string of the molecule is CC(C)C(CNC(=O)CC1COCCN1)C(=O)O. The fourth-order valence-electron chi connectivity index (χ4n) is 1.88. The summed E-state index contributed by atoms with van der Waals surface area (Å²) in [6.45, 7) is 5.80. The summed E-state index contributed by atoms with van der Waals surface area (Å²) in [7, 11) is 0. The molecule has 2 atom stereocenters. The second-order valence-corrected chi connectivity index (χ2v) is 4.92. The Morgan fingerprint density at radius 3 is 2.72 bits per heavy atom. The summed E-state index contributed by atoms with van der Waals surface area (Å²) < 4.78 is 5.25. The number of carbonyl (C=O) groups excluding carboxylic acids is 1. The number of aliphatic carboxylic acids is 1. The molecule has 1 rings (SSSR count). The van der Waals surface area contributed by atoms with E-state index in [9.17, 15) is 9.59 Å². The van der Waals surface area contributed by atoms with E-state index in [0.717, 1.165) is 6.54 Å². The van der Waals surface area contributed by atoms with Crippen molar-refractivity contribution in [3.8, 4) is 0 Å². The molecule has 2 unspecified atom stereocenters. The summed E-state index contributed by atoms with van der Waals surface area (Å²) in [5.74, 6) is -1.54. The van der Waals surface area contributed by atoms with Gasteiger partial charge in [-0.05, 0) is 5.92 Å². The molecule has 0 radical (unpaired) electrons. The number of hydrogen-bond donors (Lipinski definition) is 3. The normalized spacial score (nSPS) is 21.6. The molecular formula is C12H22N2O4. The minimum Gasteiger partial charge on any atom is -0.481 e. The van der Waals surface area contributed by atoms with E-state index in [1.165, 1.54) is 0 Å². The van der Waals surface area contributed by atoms with Crippen LogP contribution < -0.4 is 10.6 Å². The van der Waals surface area contributed by atoms with Crippen molar-refractivity contribution in [2.75, 3.05) is 26.3 Å². The average Bonchev–Trinajstić information content (AvgIpc) is 2.29. The van der Waals surface area contributed by atoms with E-state index in [-0.39, 0.29) is 24.4 Å². The van der Waals surface area contributed by atoms with Crippen molar-refractivity contribution in [2.24, 2.45) is 11.8 Å². The van der Waals surface area contributed by atoms with Gasteiger partial charge in [-0.3, -0.25) is 9.59 Å². The zero-order chi connectivity index (χ0) is 13.5. The molecule has 18 heavy (non-hydrogen) atoms. The van der Waals surface area contributed by atoms with E-state index in [1.807, 2.05) is 13.8 Å². The largest absolute Gasteiger partial charge is 0.481 e. The van der Waals surface area contributed by atoms with Gasteiger partial charge in [0.1, 0.15) is 0 Å². The van der Waals surface area contributed by atoms with Gasteiger partial charge in [0.2, 0.25) is 5.91 Å². The van der Waals surface area contributed by atoms with Gasteiger partial charge in [0, 0.05) is 25.6 Å². The Morgan fingerprint density at radius 1 is 1.50 bits per heavy atom. The molecule has 3 N–H and O–H groups in total. The first-order valence-electron chi connectivity index (χ1n) is 6.31. The van der Waals surface area contributed by atoms with Crippen molar-refractivity contribution in [2.45, 2.75) is 26.3 Å². The first-order valence-corrected chi connectivity index (χ1v) is 6.31. The van der Waals surface area contributed by atoms with Crippen molar-refractivity contribution in [3.63, 3.8) is 0 Å². The molecule has 1 aliphatic rings. The van der Waals surface area contributed by atoms with Gasteiger partial charge < -0.3 is 20.5 Å². The first-order chi connectivity index (χ1) is 8.50. The third-order valence-corrected chi connectivity index (χ3v) is 3.07. The molecule has 104 valence electrons. The zero-order valence-electron chi connectivity index (χ0n) is 10.9. The lowest BCUT2D eigenvalue weighted by atomic mass is 9.96. The van der Waals surface area contributed by atoms with E-state index in [0.29, 0.717) is 19.6 Å². The summed E-state index contributed by atoms with van der Waals surface area (Å²) >= 11 is 0. The second kappa shape index (κ2) is 7.33. The number of ether oxygens (including phenoxy) is 1. The summed E-state index contributed by atoms with van der Waals surface area (Å²) in [5.41, 5.74) is 0. The van der Waals surface area contributed by atoms with E-state index in [2.05, 4.69) is 10.6 Å². The molecule has 6 heteroatoms. The molecule has 6 nitrogen and oxygen atoms in total. The van der Waals surface area contributed by atoms with Crippen molar-refractivity contribution in [1.29, 1.82) is 0 Å². The molecule has 0 aromatic heterocycles. The maximum atomic E-state index is 11.7. The second-order valence-electron chi connectivity index (χ2n) is 4.92. The van der Waals surface area contributed by atoms with Crippen LogP contribution in [0.5, 0.6) is 0 Å². The van der Waals surface area contributed by atoms with Crippen LogP contribution in [0.1, 0.15) is 20.3 Å². The fourth-order valence-corrected chi connectivity index (χ4v) is 1.88. The minimum absolute atomic E-state index is 0.000983. The molecule has 0 aromatic rings. The Bertz CT molecular complexity index is 288. The van der Waals surface area contributed by atoms with E-state index in [1.54, 1.807) is 0 Å². The molecule has 0 saturated carbocycles. The Morgan fingerprint density at radius 2 is 2.22 bits per heavy atom. The summed E-state index contributed by atoms with van der Waals surface area (Å²) in [6, 6.07) is 0.0288. The molecule has 0 aromatic carbocycles. The molecule has 1 amide bonds. The van der Waals surface area contributed by atoms with Crippen LogP contribution >= 0.6 is 0 Å². The van der Waals surface area contributed by atoms with Gasteiger partial charge >= 0.3 is 5.97 Å². The Labute approximate surface area is 107 Å². The molecule has 1 saturated heterocycles. The fraction of sp³-hybridized carbons (Fsp3) is 0.833. The number of carboxylic acid groups (broad SMARTS) is 1. The van der Waals surface area contributed by atoms with Crippen LogP contribution in [0.3, 0.4) is 0 Å². The monoisotopic (exact) mass is 258 g/mol.